The Labute approximate surface area is 94.1 Å². The number of ether oxygens (including phenoxy) is 1. The lowest BCUT2D eigenvalue weighted by Crippen LogP contribution is -2.39. The summed E-state index contributed by atoms with van der Waals surface area (Å²) in [5.41, 5.74) is -0.680. The van der Waals surface area contributed by atoms with Crippen LogP contribution in [-0.4, -0.2) is 35.1 Å². The van der Waals surface area contributed by atoms with Crippen LogP contribution in [-0.2, 0) is 4.74 Å². The second kappa shape index (κ2) is 4.03. The summed E-state index contributed by atoms with van der Waals surface area (Å²) in [6.07, 6.45) is 0.259. The predicted molar refractivity (Wildman–Crippen MR) is 56.5 cm³/mol. The molecule has 0 aliphatic carbocycles. The third-order valence-corrected chi connectivity index (χ3v) is 2.21. The van der Waals surface area contributed by atoms with E-state index in [9.17, 15) is 13.6 Å². The standard InChI is InChI=1S/C11H17F2NO2/c1-5-8-6-11(12,13)7-14(8)9(15)16-10(2,3)4/h5,8H,1,6-7H2,2-4H3. The summed E-state index contributed by atoms with van der Waals surface area (Å²) in [7, 11) is 0. The fourth-order valence-corrected chi connectivity index (χ4v) is 1.58. The molecule has 5 heteroatoms. The number of likely N-dealkylation sites (tertiary alicyclic amines) is 1. The highest BCUT2D eigenvalue weighted by molar-refractivity contribution is 5.69. The molecule has 1 aliphatic heterocycles. The van der Waals surface area contributed by atoms with Gasteiger partial charge in [0.25, 0.3) is 5.92 Å². The summed E-state index contributed by atoms with van der Waals surface area (Å²) >= 11 is 0. The van der Waals surface area contributed by atoms with Crippen LogP contribution in [0, 0.1) is 0 Å². The van der Waals surface area contributed by atoms with Crippen molar-refractivity contribution >= 4 is 6.09 Å². The van der Waals surface area contributed by atoms with Gasteiger partial charge in [0.1, 0.15) is 5.60 Å². The average Bonchev–Trinajstić information content (AvgIpc) is 2.38. The lowest BCUT2D eigenvalue weighted by Gasteiger charge is -2.26. The number of hydrogen-bond donors (Lipinski definition) is 0. The van der Waals surface area contributed by atoms with E-state index in [0.717, 1.165) is 4.90 Å². The van der Waals surface area contributed by atoms with Gasteiger partial charge >= 0.3 is 6.09 Å². The number of rotatable bonds is 1. The van der Waals surface area contributed by atoms with Crippen LogP contribution in [0.1, 0.15) is 27.2 Å². The van der Waals surface area contributed by atoms with Crippen molar-refractivity contribution in [2.24, 2.45) is 0 Å². The fourth-order valence-electron chi connectivity index (χ4n) is 1.58. The molecule has 1 saturated heterocycles. The molecule has 1 amide bonds. The van der Waals surface area contributed by atoms with Crippen LogP contribution in [0.3, 0.4) is 0 Å². The van der Waals surface area contributed by atoms with Crippen molar-refractivity contribution in [3.8, 4) is 0 Å². The highest BCUT2D eigenvalue weighted by Crippen LogP contribution is 2.33. The number of carbonyl (C=O) groups is 1. The maximum Gasteiger partial charge on any atom is 0.410 e. The number of halogens is 2. The monoisotopic (exact) mass is 233 g/mol. The smallest absolute Gasteiger partial charge is 0.410 e. The predicted octanol–water partition coefficient (Wildman–Crippen LogP) is 2.82. The van der Waals surface area contributed by atoms with Crippen LogP contribution < -0.4 is 0 Å². The normalized spacial score (nSPS) is 24.3. The van der Waals surface area contributed by atoms with Gasteiger partial charge in [-0.3, -0.25) is 4.90 Å². The van der Waals surface area contributed by atoms with Gasteiger partial charge in [0, 0.05) is 6.42 Å². The first-order chi connectivity index (χ1) is 7.14. The van der Waals surface area contributed by atoms with Gasteiger partial charge in [-0.2, -0.15) is 0 Å². The van der Waals surface area contributed by atoms with Crippen LogP contribution in [0.5, 0.6) is 0 Å². The molecule has 3 nitrogen and oxygen atoms in total. The summed E-state index contributed by atoms with van der Waals surface area (Å²) in [5, 5.41) is 0. The molecule has 0 spiro atoms. The molecule has 92 valence electrons. The highest BCUT2D eigenvalue weighted by Gasteiger charge is 2.46. The molecule has 0 aromatic heterocycles. The van der Waals surface area contributed by atoms with E-state index in [-0.39, 0.29) is 6.42 Å². The van der Waals surface area contributed by atoms with Crippen LogP contribution in [0.15, 0.2) is 12.7 Å². The van der Waals surface area contributed by atoms with Crippen LogP contribution in [0.4, 0.5) is 13.6 Å². The first-order valence-corrected chi connectivity index (χ1v) is 5.15. The van der Waals surface area contributed by atoms with Gasteiger partial charge in [0.2, 0.25) is 0 Å². The van der Waals surface area contributed by atoms with Gasteiger partial charge < -0.3 is 4.74 Å². The Bertz CT molecular complexity index is 297. The minimum absolute atomic E-state index is 0.379. The zero-order valence-electron chi connectivity index (χ0n) is 9.80. The van der Waals surface area contributed by atoms with Crippen molar-refractivity contribution in [2.45, 2.75) is 44.8 Å². The maximum absolute atomic E-state index is 13.1. The Morgan fingerprint density at radius 3 is 2.56 bits per heavy atom. The third kappa shape index (κ3) is 3.18. The number of carbonyl (C=O) groups excluding carboxylic acids is 1. The van der Waals surface area contributed by atoms with E-state index >= 15 is 0 Å². The number of amides is 1. The van der Waals surface area contributed by atoms with E-state index in [1.165, 1.54) is 6.08 Å². The van der Waals surface area contributed by atoms with E-state index < -0.39 is 30.2 Å². The van der Waals surface area contributed by atoms with Gasteiger partial charge in [-0.05, 0) is 20.8 Å². The van der Waals surface area contributed by atoms with Gasteiger partial charge in [0.05, 0.1) is 12.6 Å². The largest absolute Gasteiger partial charge is 0.444 e. The van der Waals surface area contributed by atoms with Gasteiger partial charge in [0.15, 0.2) is 0 Å². The summed E-state index contributed by atoms with van der Waals surface area (Å²) < 4.78 is 31.3. The van der Waals surface area contributed by atoms with Crippen molar-refractivity contribution in [3.05, 3.63) is 12.7 Å². The first-order valence-electron chi connectivity index (χ1n) is 5.15. The highest BCUT2D eigenvalue weighted by atomic mass is 19.3. The van der Waals surface area contributed by atoms with Crippen molar-refractivity contribution < 1.29 is 18.3 Å². The lowest BCUT2D eigenvalue weighted by atomic mass is 10.2. The fraction of sp³-hybridized carbons (Fsp3) is 0.727. The quantitative estimate of drug-likeness (QED) is 0.652. The van der Waals surface area contributed by atoms with Crippen LogP contribution >= 0.6 is 0 Å². The second-order valence-corrected chi connectivity index (χ2v) is 4.97. The number of hydrogen-bond acceptors (Lipinski definition) is 2. The summed E-state index contributed by atoms with van der Waals surface area (Å²) in [6, 6.07) is -0.648. The molecule has 0 aromatic rings. The topological polar surface area (TPSA) is 29.5 Å². The molecule has 1 atom stereocenters. The van der Waals surface area contributed by atoms with E-state index in [0.29, 0.717) is 0 Å². The average molecular weight is 233 g/mol. The number of alkyl halides is 2. The SMILES string of the molecule is C=CC1CC(F)(F)CN1C(=O)OC(C)(C)C. The molecule has 16 heavy (non-hydrogen) atoms. The molecular formula is C11H17F2NO2. The zero-order valence-corrected chi connectivity index (χ0v) is 9.80. The van der Waals surface area contributed by atoms with E-state index in [1.54, 1.807) is 20.8 Å². The van der Waals surface area contributed by atoms with Crippen LogP contribution in [0.25, 0.3) is 0 Å². The molecule has 0 bridgehead atoms. The second-order valence-electron chi connectivity index (χ2n) is 4.97. The Morgan fingerprint density at radius 1 is 1.56 bits per heavy atom. The van der Waals surface area contributed by atoms with Crippen LogP contribution in [0.2, 0.25) is 0 Å². The Morgan fingerprint density at radius 2 is 2.12 bits per heavy atom. The lowest BCUT2D eigenvalue weighted by molar-refractivity contribution is -0.00217. The number of nitrogens with zero attached hydrogens (tertiary/aromatic N) is 1. The molecule has 0 N–H and O–H groups in total. The molecule has 1 rings (SSSR count). The van der Waals surface area contributed by atoms with Gasteiger partial charge in [-0.15, -0.1) is 6.58 Å². The molecule has 1 aliphatic rings. The third-order valence-electron chi connectivity index (χ3n) is 2.21. The molecule has 1 fully saturated rings. The summed E-state index contributed by atoms with van der Waals surface area (Å²) in [6.45, 7) is 7.95. The maximum atomic E-state index is 13.1. The van der Waals surface area contributed by atoms with Crippen molar-refractivity contribution in [2.75, 3.05) is 6.54 Å². The van der Waals surface area contributed by atoms with E-state index in [1.807, 2.05) is 0 Å². The molecular weight excluding hydrogens is 216 g/mol. The van der Waals surface area contributed by atoms with Crippen molar-refractivity contribution in [3.63, 3.8) is 0 Å². The van der Waals surface area contributed by atoms with Crippen molar-refractivity contribution in [1.29, 1.82) is 0 Å². The minimum atomic E-state index is -2.85. The molecule has 1 heterocycles. The van der Waals surface area contributed by atoms with E-state index in [4.69, 9.17) is 4.74 Å². The van der Waals surface area contributed by atoms with E-state index in [2.05, 4.69) is 6.58 Å². The summed E-state index contributed by atoms with van der Waals surface area (Å²) in [4.78, 5) is 12.7. The summed E-state index contributed by atoms with van der Waals surface area (Å²) in [5.74, 6) is -2.85. The Hall–Kier alpha value is -1.13. The first kappa shape index (κ1) is 12.9. The van der Waals surface area contributed by atoms with Crippen molar-refractivity contribution in [1.82, 2.24) is 4.90 Å². The molecule has 1 unspecified atom stereocenters. The Kier molecular flexibility index (Phi) is 3.26. The zero-order chi connectivity index (χ0) is 12.6. The van der Waals surface area contributed by atoms with Gasteiger partial charge in [-0.25, -0.2) is 13.6 Å². The Balaban J connectivity index is 2.72. The molecule has 0 radical (unpaired) electrons. The van der Waals surface area contributed by atoms with Gasteiger partial charge in [-0.1, -0.05) is 6.08 Å². The minimum Gasteiger partial charge on any atom is -0.444 e. The molecule has 0 aromatic carbocycles. The molecule has 0 saturated carbocycles.